The summed E-state index contributed by atoms with van der Waals surface area (Å²) in [6.07, 6.45) is 3.98. The van der Waals surface area contributed by atoms with Crippen LogP contribution in [0, 0.1) is 0 Å². The molecule has 0 atom stereocenters. The first-order valence-corrected chi connectivity index (χ1v) is 7.68. The number of rotatable bonds is 10. The van der Waals surface area contributed by atoms with Gasteiger partial charge in [-0.05, 0) is 25.0 Å². The topological polar surface area (TPSA) is 83.5 Å². The van der Waals surface area contributed by atoms with Gasteiger partial charge in [0.1, 0.15) is 0 Å². The maximum absolute atomic E-state index is 11.9. The highest BCUT2D eigenvalue weighted by atomic mass is 16.4. The average Bonchev–Trinajstić information content (AvgIpc) is 2.51. The van der Waals surface area contributed by atoms with Crippen LogP contribution in [-0.2, 0) is 4.79 Å². The molecule has 2 N–H and O–H groups in total. The first kappa shape index (κ1) is 17.9. The van der Waals surface area contributed by atoms with E-state index in [1.165, 1.54) is 0 Å². The zero-order valence-electron chi connectivity index (χ0n) is 12.9. The summed E-state index contributed by atoms with van der Waals surface area (Å²) in [5, 5.41) is 11.2. The Kier molecular flexibility index (Phi) is 7.89. The highest BCUT2D eigenvalue weighted by Crippen LogP contribution is 2.10. The van der Waals surface area contributed by atoms with Crippen molar-refractivity contribution in [2.24, 2.45) is 0 Å². The fourth-order valence-electron chi connectivity index (χ4n) is 2.03. The Morgan fingerprint density at radius 2 is 1.59 bits per heavy atom. The molecular formula is C17H23NO4. The number of benzene rings is 1. The zero-order valence-corrected chi connectivity index (χ0v) is 12.9. The van der Waals surface area contributed by atoms with Crippen molar-refractivity contribution in [3.8, 4) is 0 Å². The third kappa shape index (κ3) is 6.52. The summed E-state index contributed by atoms with van der Waals surface area (Å²) < 4.78 is 0. The van der Waals surface area contributed by atoms with E-state index in [0.29, 0.717) is 30.5 Å². The molecule has 0 aliphatic heterocycles. The normalized spacial score (nSPS) is 10.2. The molecule has 0 saturated carbocycles. The molecule has 0 aromatic heterocycles. The third-order valence-electron chi connectivity index (χ3n) is 3.33. The van der Waals surface area contributed by atoms with Crippen LogP contribution in [0.3, 0.4) is 0 Å². The minimum absolute atomic E-state index is 0.0332. The Hall–Kier alpha value is -2.17. The highest BCUT2D eigenvalue weighted by Gasteiger charge is 2.08. The molecule has 1 aromatic carbocycles. The number of carboxylic acids is 1. The Morgan fingerprint density at radius 3 is 2.18 bits per heavy atom. The Bertz CT molecular complexity index is 508. The summed E-state index contributed by atoms with van der Waals surface area (Å²) in [5.41, 5.74) is 1.10. The largest absolute Gasteiger partial charge is 0.481 e. The van der Waals surface area contributed by atoms with Crippen molar-refractivity contribution < 1.29 is 19.5 Å². The summed E-state index contributed by atoms with van der Waals surface area (Å²) in [4.78, 5) is 34.1. The van der Waals surface area contributed by atoms with E-state index in [1.54, 1.807) is 24.3 Å². The third-order valence-corrected chi connectivity index (χ3v) is 3.33. The maximum atomic E-state index is 11.9. The Morgan fingerprint density at radius 1 is 0.955 bits per heavy atom. The maximum Gasteiger partial charge on any atom is 0.303 e. The molecule has 5 heteroatoms. The van der Waals surface area contributed by atoms with E-state index in [4.69, 9.17) is 5.11 Å². The van der Waals surface area contributed by atoms with Crippen molar-refractivity contribution in [1.29, 1.82) is 0 Å². The van der Waals surface area contributed by atoms with Gasteiger partial charge in [-0.15, -0.1) is 0 Å². The zero-order chi connectivity index (χ0) is 16.4. The lowest BCUT2D eigenvalue weighted by Crippen LogP contribution is -2.24. The van der Waals surface area contributed by atoms with Crippen LogP contribution < -0.4 is 5.32 Å². The Labute approximate surface area is 130 Å². The average molecular weight is 305 g/mol. The van der Waals surface area contributed by atoms with Crippen molar-refractivity contribution >= 4 is 17.7 Å². The van der Waals surface area contributed by atoms with Gasteiger partial charge < -0.3 is 10.4 Å². The number of Topliss-reactive ketones (excluding diaryl/α,β-unsaturated/α-hetero) is 1. The molecular weight excluding hydrogens is 282 g/mol. The van der Waals surface area contributed by atoms with E-state index < -0.39 is 5.97 Å². The molecule has 0 unspecified atom stereocenters. The molecule has 1 amide bonds. The van der Waals surface area contributed by atoms with Crippen molar-refractivity contribution in [1.82, 2.24) is 5.32 Å². The van der Waals surface area contributed by atoms with Gasteiger partial charge in [0.25, 0.3) is 5.91 Å². The van der Waals surface area contributed by atoms with Crippen LogP contribution in [0.1, 0.15) is 66.2 Å². The molecule has 0 heterocycles. The smallest absolute Gasteiger partial charge is 0.303 e. The molecule has 22 heavy (non-hydrogen) atoms. The van der Waals surface area contributed by atoms with Gasteiger partial charge in [-0.1, -0.05) is 31.9 Å². The van der Waals surface area contributed by atoms with Crippen molar-refractivity contribution in [2.45, 2.75) is 45.4 Å². The van der Waals surface area contributed by atoms with Crippen LogP contribution in [0.25, 0.3) is 0 Å². The molecule has 0 radical (unpaired) electrons. The van der Waals surface area contributed by atoms with E-state index in [0.717, 1.165) is 19.3 Å². The van der Waals surface area contributed by atoms with Crippen LogP contribution in [0.4, 0.5) is 0 Å². The fraction of sp³-hybridized carbons (Fsp3) is 0.471. The molecule has 0 spiro atoms. The monoisotopic (exact) mass is 305 g/mol. The molecule has 0 saturated heterocycles. The van der Waals surface area contributed by atoms with Crippen LogP contribution in [0.2, 0.25) is 0 Å². The highest BCUT2D eigenvalue weighted by molar-refractivity contribution is 5.98. The second kappa shape index (κ2) is 9.71. The van der Waals surface area contributed by atoms with Crippen LogP contribution in [-0.4, -0.2) is 29.3 Å². The predicted octanol–water partition coefficient (Wildman–Crippen LogP) is 3.04. The summed E-state index contributed by atoms with van der Waals surface area (Å²) in [6.45, 7) is 2.41. The summed E-state index contributed by atoms with van der Waals surface area (Å²) in [6, 6.07) is 6.58. The second-order valence-corrected chi connectivity index (χ2v) is 5.21. The molecule has 1 rings (SSSR count). The van der Waals surface area contributed by atoms with Gasteiger partial charge in [0.15, 0.2) is 5.78 Å². The molecule has 5 nitrogen and oxygen atoms in total. The number of hydrogen-bond acceptors (Lipinski definition) is 3. The lowest BCUT2D eigenvalue weighted by atomic mass is 10.0. The number of hydrogen-bond donors (Lipinski definition) is 2. The molecule has 120 valence electrons. The van der Waals surface area contributed by atoms with E-state index in [9.17, 15) is 14.4 Å². The van der Waals surface area contributed by atoms with Gasteiger partial charge >= 0.3 is 5.97 Å². The lowest BCUT2D eigenvalue weighted by Gasteiger charge is -2.05. The molecule has 0 fully saturated rings. The Balaban J connectivity index is 2.44. The van der Waals surface area contributed by atoms with Crippen molar-refractivity contribution in [3.63, 3.8) is 0 Å². The lowest BCUT2D eigenvalue weighted by molar-refractivity contribution is -0.137. The molecule has 0 aliphatic rings. The van der Waals surface area contributed by atoms with E-state index in [2.05, 4.69) is 12.2 Å². The SMILES string of the molecule is CCCCCC(=O)c1ccc(C(=O)NCCCC(=O)O)cc1. The number of amides is 1. The van der Waals surface area contributed by atoms with Gasteiger partial charge in [0, 0.05) is 30.5 Å². The van der Waals surface area contributed by atoms with Crippen LogP contribution in [0.5, 0.6) is 0 Å². The number of ketones is 1. The molecule has 1 aromatic rings. The van der Waals surface area contributed by atoms with E-state index >= 15 is 0 Å². The molecule has 0 bridgehead atoms. The number of carbonyl (C=O) groups excluding carboxylic acids is 2. The molecule has 0 aliphatic carbocycles. The number of carboxylic acid groups (broad SMARTS) is 1. The minimum atomic E-state index is -0.875. The number of unbranched alkanes of at least 4 members (excludes halogenated alkanes) is 2. The predicted molar refractivity (Wildman–Crippen MR) is 84.1 cm³/mol. The van der Waals surface area contributed by atoms with Gasteiger partial charge in [-0.2, -0.15) is 0 Å². The van der Waals surface area contributed by atoms with E-state index in [1.807, 2.05) is 0 Å². The number of aliphatic carboxylic acids is 1. The minimum Gasteiger partial charge on any atom is -0.481 e. The van der Waals surface area contributed by atoms with Gasteiger partial charge in [0.05, 0.1) is 0 Å². The van der Waals surface area contributed by atoms with Crippen molar-refractivity contribution in [2.75, 3.05) is 6.54 Å². The number of nitrogens with one attached hydrogen (secondary N) is 1. The van der Waals surface area contributed by atoms with Gasteiger partial charge in [0.2, 0.25) is 0 Å². The van der Waals surface area contributed by atoms with Crippen molar-refractivity contribution in [3.05, 3.63) is 35.4 Å². The standard InChI is InChI=1S/C17H23NO4/c1-2-3-4-6-15(19)13-8-10-14(11-9-13)17(22)18-12-5-7-16(20)21/h8-11H,2-7,12H2,1H3,(H,18,22)(H,20,21). The van der Waals surface area contributed by atoms with Gasteiger partial charge in [-0.3, -0.25) is 14.4 Å². The number of carbonyl (C=O) groups is 3. The second-order valence-electron chi connectivity index (χ2n) is 5.21. The van der Waals surface area contributed by atoms with E-state index in [-0.39, 0.29) is 18.1 Å². The summed E-state index contributed by atoms with van der Waals surface area (Å²) >= 11 is 0. The quantitative estimate of drug-likeness (QED) is 0.514. The summed E-state index contributed by atoms with van der Waals surface area (Å²) in [7, 11) is 0. The first-order valence-electron chi connectivity index (χ1n) is 7.68. The van der Waals surface area contributed by atoms with Crippen LogP contribution in [0.15, 0.2) is 24.3 Å². The first-order chi connectivity index (χ1) is 10.5. The fourth-order valence-corrected chi connectivity index (χ4v) is 2.03. The summed E-state index contributed by atoms with van der Waals surface area (Å²) in [5.74, 6) is -1.03. The van der Waals surface area contributed by atoms with Crippen LogP contribution >= 0.6 is 0 Å². The van der Waals surface area contributed by atoms with Gasteiger partial charge in [-0.25, -0.2) is 0 Å².